The van der Waals surface area contributed by atoms with Crippen molar-refractivity contribution in [3.63, 3.8) is 0 Å². The van der Waals surface area contributed by atoms with Gasteiger partial charge in [0.25, 0.3) is 5.91 Å². The zero-order valence-electron chi connectivity index (χ0n) is 15.6. The van der Waals surface area contributed by atoms with Crippen molar-refractivity contribution in [2.45, 2.75) is 51.6 Å². The molecule has 0 spiro atoms. The van der Waals surface area contributed by atoms with Crippen LogP contribution in [0.25, 0.3) is 0 Å². The van der Waals surface area contributed by atoms with E-state index < -0.39 is 0 Å². The van der Waals surface area contributed by atoms with Crippen LogP contribution < -0.4 is 5.32 Å². The van der Waals surface area contributed by atoms with E-state index in [1.54, 1.807) is 0 Å². The summed E-state index contributed by atoms with van der Waals surface area (Å²) in [5.74, 6) is 0.117. The third-order valence-corrected chi connectivity index (χ3v) is 5.19. The predicted molar refractivity (Wildman–Crippen MR) is 103 cm³/mol. The zero-order valence-corrected chi connectivity index (χ0v) is 15.6. The van der Waals surface area contributed by atoms with Crippen LogP contribution in [0.15, 0.2) is 36.4 Å². The number of nitrogens with one attached hydrogen (secondary N) is 1. The molecule has 2 heterocycles. The molecular weight excluding hydrogens is 326 g/mol. The molecule has 140 valence electrons. The van der Waals surface area contributed by atoms with E-state index >= 15 is 0 Å². The number of hydrogen-bond acceptors (Lipinski definition) is 2. The molecule has 1 N–H and O–H groups in total. The smallest absolute Gasteiger partial charge is 0.318 e. The van der Waals surface area contributed by atoms with E-state index in [2.05, 4.69) is 24.4 Å². The maximum Gasteiger partial charge on any atom is 0.318 e. The van der Waals surface area contributed by atoms with E-state index in [-0.39, 0.29) is 18.0 Å². The first kappa shape index (κ1) is 18.5. The Morgan fingerprint density at radius 1 is 1.12 bits per heavy atom. The Hall–Kier alpha value is -2.30. The molecule has 1 saturated heterocycles. The predicted octanol–water partition coefficient (Wildman–Crippen LogP) is 3.56. The molecular formula is C21H29N3O2. The molecule has 0 aromatic heterocycles. The van der Waals surface area contributed by atoms with Gasteiger partial charge < -0.3 is 15.1 Å². The SMILES string of the molecule is CCCC1C=CCN1C(=O)NCc1ccc(C(=O)N2CCCCC2)cc1. The molecule has 5 nitrogen and oxygen atoms in total. The Balaban J connectivity index is 1.51. The van der Waals surface area contributed by atoms with E-state index in [1.165, 1.54) is 6.42 Å². The quantitative estimate of drug-likeness (QED) is 0.821. The van der Waals surface area contributed by atoms with Gasteiger partial charge in [-0.2, -0.15) is 0 Å². The Morgan fingerprint density at radius 3 is 2.54 bits per heavy atom. The van der Waals surface area contributed by atoms with Gasteiger partial charge in [-0.15, -0.1) is 0 Å². The van der Waals surface area contributed by atoms with Crippen LogP contribution in [-0.4, -0.2) is 47.4 Å². The van der Waals surface area contributed by atoms with E-state index in [0.29, 0.717) is 13.1 Å². The second kappa shape index (κ2) is 8.88. The first-order valence-corrected chi connectivity index (χ1v) is 9.78. The Kier molecular flexibility index (Phi) is 6.31. The topological polar surface area (TPSA) is 52.7 Å². The Morgan fingerprint density at radius 2 is 1.85 bits per heavy atom. The van der Waals surface area contributed by atoms with E-state index in [1.807, 2.05) is 34.1 Å². The van der Waals surface area contributed by atoms with Gasteiger partial charge in [-0.3, -0.25) is 4.79 Å². The number of piperidine rings is 1. The van der Waals surface area contributed by atoms with Gasteiger partial charge >= 0.3 is 6.03 Å². The van der Waals surface area contributed by atoms with Crippen molar-refractivity contribution in [1.29, 1.82) is 0 Å². The van der Waals surface area contributed by atoms with Crippen LogP contribution in [0.2, 0.25) is 0 Å². The summed E-state index contributed by atoms with van der Waals surface area (Å²) in [6.45, 7) is 5.01. The van der Waals surface area contributed by atoms with Gasteiger partial charge in [-0.05, 0) is 43.4 Å². The molecule has 0 bridgehead atoms. The van der Waals surface area contributed by atoms with Crippen LogP contribution in [0.1, 0.15) is 54.9 Å². The standard InChI is InChI=1S/C21H29N3O2/c1-2-7-19-8-6-15-24(19)21(26)22-16-17-9-11-18(12-10-17)20(25)23-13-4-3-5-14-23/h6,8-12,19H,2-5,7,13-16H2,1H3,(H,22,26). The summed E-state index contributed by atoms with van der Waals surface area (Å²) in [6.07, 6.45) is 9.64. The molecule has 1 fully saturated rings. The average Bonchev–Trinajstić information content (AvgIpc) is 3.15. The highest BCUT2D eigenvalue weighted by Gasteiger charge is 2.23. The molecule has 0 saturated carbocycles. The second-order valence-corrected chi connectivity index (χ2v) is 7.15. The normalized spacial score (nSPS) is 19.7. The summed E-state index contributed by atoms with van der Waals surface area (Å²) >= 11 is 0. The van der Waals surface area contributed by atoms with Crippen molar-refractivity contribution in [3.05, 3.63) is 47.5 Å². The van der Waals surface area contributed by atoms with Crippen molar-refractivity contribution < 1.29 is 9.59 Å². The minimum absolute atomic E-state index is 0.0260. The van der Waals surface area contributed by atoms with Crippen LogP contribution >= 0.6 is 0 Å². The van der Waals surface area contributed by atoms with Crippen molar-refractivity contribution >= 4 is 11.9 Å². The molecule has 2 aliphatic rings. The summed E-state index contributed by atoms with van der Waals surface area (Å²) in [6, 6.07) is 7.80. The molecule has 1 aromatic rings. The minimum atomic E-state index is -0.0260. The number of urea groups is 1. The number of likely N-dealkylation sites (tertiary alicyclic amines) is 1. The summed E-state index contributed by atoms with van der Waals surface area (Å²) in [4.78, 5) is 28.7. The Labute approximate surface area is 156 Å². The maximum atomic E-state index is 12.5. The van der Waals surface area contributed by atoms with E-state index in [0.717, 1.165) is 49.9 Å². The summed E-state index contributed by atoms with van der Waals surface area (Å²) < 4.78 is 0. The third-order valence-electron chi connectivity index (χ3n) is 5.19. The molecule has 0 aliphatic carbocycles. The molecule has 1 aromatic carbocycles. The van der Waals surface area contributed by atoms with Crippen LogP contribution in [0, 0.1) is 0 Å². The van der Waals surface area contributed by atoms with Gasteiger partial charge in [0.15, 0.2) is 0 Å². The lowest BCUT2D eigenvalue weighted by Crippen LogP contribution is -2.42. The monoisotopic (exact) mass is 355 g/mol. The summed E-state index contributed by atoms with van der Waals surface area (Å²) in [7, 11) is 0. The third kappa shape index (κ3) is 4.45. The molecule has 1 unspecified atom stereocenters. The minimum Gasteiger partial charge on any atom is -0.339 e. The van der Waals surface area contributed by atoms with Crippen molar-refractivity contribution in [1.82, 2.24) is 15.1 Å². The molecule has 3 amide bonds. The van der Waals surface area contributed by atoms with Gasteiger partial charge in [-0.25, -0.2) is 4.79 Å². The van der Waals surface area contributed by atoms with Crippen LogP contribution in [-0.2, 0) is 6.54 Å². The summed E-state index contributed by atoms with van der Waals surface area (Å²) in [5.41, 5.74) is 1.74. The van der Waals surface area contributed by atoms with Crippen molar-refractivity contribution in [3.8, 4) is 0 Å². The first-order valence-electron chi connectivity index (χ1n) is 9.78. The molecule has 26 heavy (non-hydrogen) atoms. The van der Waals surface area contributed by atoms with Crippen LogP contribution in [0.5, 0.6) is 0 Å². The average molecular weight is 355 g/mol. The van der Waals surface area contributed by atoms with Gasteiger partial charge in [0, 0.05) is 31.7 Å². The van der Waals surface area contributed by atoms with E-state index in [9.17, 15) is 9.59 Å². The number of carbonyl (C=O) groups excluding carboxylic acids is 2. The van der Waals surface area contributed by atoms with Gasteiger partial charge in [-0.1, -0.05) is 37.6 Å². The van der Waals surface area contributed by atoms with Crippen molar-refractivity contribution in [2.24, 2.45) is 0 Å². The zero-order chi connectivity index (χ0) is 18.4. The highest BCUT2D eigenvalue weighted by molar-refractivity contribution is 5.94. The summed E-state index contributed by atoms with van der Waals surface area (Å²) in [5, 5.41) is 2.99. The molecule has 5 heteroatoms. The van der Waals surface area contributed by atoms with Crippen molar-refractivity contribution in [2.75, 3.05) is 19.6 Å². The number of nitrogens with zero attached hydrogens (tertiary/aromatic N) is 2. The lowest BCUT2D eigenvalue weighted by molar-refractivity contribution is 0.0724. The molecule has 3 rings (SSSR count). The largest absolute Gasteiger partial charge is 0.339 e. The molecule has 0 radical (unpaired) electrons. The number of amides is 3. The van der Waals surface area contributed by atoms with Gasteiger partial charge in [0.1, 0.15) is 0 Å². The second-order valence-electron chi connectivity index (χ2n) is 7.15. The number of rotatable bonds is 5. The molecule has 2 aliphatic heterocycles. The lowest BCUT2D eigenvalue weighted by Gasteiger charge is -2.26. The van der Waals surface area contributed by atoms with E-state index in [4.69, 9.17) is 0 Å². The highest BCUT2D eigenvalue weighted by atomic mass is 16.2. The van der Waals surface area contributed by atoms with Gasteiger partial charge in [0.05, 0.1) is 6.04 Å². The maximum absolute atomic E-state index is 12.5. The Bertz CT molecular complexity index is 648. The number of carbonyl (C=O) groups is 2. The fourth-order valence-electron chi connectivity index (χ4n) is 3.68. The highest BCUT2D eigenvalue weighted by Crippen LogP contribution is 2.16. The van der Waals surface area contributed by atoms with Gasteiger partial charge in [0.2, 0.25) is 0 Å². The van der Waals surface area contributed by atoms with Crippen LogP contribution in [0.3, 0.4) is 0 Å². The first-order chi connectivity index (χ1) is 12.7. The number of hydrogen-bond donors (Lipinski definition) is 1. The van der Waals surface area contributed by atoms with Crippen LogP contribution in [0.4, 0.5) is 4.79 Å². The lowest BCUT2D eigenvalue weighted by atomic mass is 10.1. The fraction of sp³-hybridized carbons (Fsp3) is 0.524. The number of benzene rings is 1. The molecule has 1 atom stereocenters. The fourth-order valence-corrected chi connectivity index (χ4v) is 3.68.